The number of likely N-dealkylation sites (N-methyl/N-ethyl adjacent to an activating group) is 1. The van der Waals surface area contributed by atoms with Gasteiger partial charge < -0.3 is 14.9 Å². The summed E-state index contributed by atoms with van der Waals surface area (Å²) >= 11 is 0. The van der Waals surface area contributed by atoms with Crippen LogP contribution in [0.25, 0.3) is 0 Å². The lowest BCUT2D eigenvalue weighted by molar-refractivity contribution is 0.0672. The second-order valence-electron chi connectivity index (χ2n) is 5.70. The van der Waals surface area contributed by atoms with E-state index in [0.29, 0.717) is 5.56 Å². The SMILES string of the molecule is CCC1CN(C)CCCN1C(=O)c1cc(C)ccc1O. The molecule has 0 aromatic heterocycles. The summed E-state index contributed by atoms with van der Waals surface area (Å²) in [6, 6.07) is 5.42. The van der Waals surface area contributed by atoms with Crippen molar-refractivity contribution in [2.24, 2.45) is 0 Å². The van der Waals surface area contributed by atoms with Crippen molar-refractivity contribution < 1.29 is 9.90 Å². The number of rotatable bonds is 2. The van der Waals surface area contributed by atoms with Crippen molar-refractivity contribution in [3.63, 3.8) is 0 Å². The molecule has 1 aliphatic heterocycles. The number of aryl methyl sites for hydroxylation is 1. The molecule has 1 aromatic rings. The third-order valence-electron chi connectivity index (χ3n) is 4.02. The standard InChI is InChI=1S/C16H24N2O2/c1-4-13-11-17(3)8-5-9-18(13)16(20)14-10-12(2)6-7-15(14)19/h6-7,10,13,19H,4-5,8-9,11H2,1-3H3. The van der Waals surface area contributed by atoms with Crippen molar-refractivity contribution in [2.75, 3.05) is 26.7 Å². The normalized spacial score (nSPS) is 20.8. The van der Waals surface area contributed by atoms with Crippen molar-refractivity contribution in [2.45, 2.75) is 32.7 Å². The molecule has 1 aliphatic rings. The predicted molar refractivity (Wildman–Crippen MR) is 80.1 cm³/mol. The fourth-order valence-corrected chi connectivity index (χ4v) is 2.84. The molecule has 1 aromatic carbocycles. The molecule has 0 saturated carbocycles. The van der Waals surface area contributed by atoms with Crippen molar-refractivity contribution >= 4 is 5.91 Å². The van der Waals surface area contributed by atoms with E-state index in [4.69, 9.17) is 0 Å². The molecule has 0 spiro atoms. The first kappa shape index (κ1) is 14.9. The van der Waals surface area contributed by atoms with Gasteiger partial charge in [-0.15, -0.1) is 0 Å². The van der Waals surface area contributed by atoms with E-state index >= 15 is 0 Å². The van der Waals surface area contributed by atoms with Crippen molar-refractivity contribution in [1.29, 1.82) is 0 Å². The van der Waals surface area contributed by atoms with Crippen LogP contribution in [0.2, 0.25) is 0 Å². The van der Waals surface area contributed by atoms with Crippen molar-refractivity contribution in [3.05, 3.63) is 29.3 Å². The fraction of sp³-hybridized carbons (Fsp3) is 0.562. The van der Waals surface area contributed by atoms with Crippen LogP contribution in [-0.4, -0.2) is 53.5 Å². The van der Waals surface area contributed by atoms with Crippen molar-refractivity contribution in [1.82, 2.24) is 9.80 Å². The van der Waals surface area contributed by atoms with Crippen LogP contribution in [-0.2, 0) is 0 Å². The van der Waals surface area contributed by atoms with Gasteiger partial charge in [0.25, 0.3) is 5.91 Å². The minimum atomic E-state index is -0.0478. The van der Waals surface area contributed by atoms with Gasteiger partial charge in [-0.1, -0.05) is 18.6 Å². The molecule has 1 amide bonds. The van der Waals surface area contributed by atoms with E-state index in [1.807, 2.05) is 17.9 Å². The molecule has 1 atom stereocenters. The Balaban J connectivity index is 2.27. The van der Waals surface area contributed by atoms with Gasteiger partial charge in [0.1, 0.15) is 5.75 Å². The summed E-state index contributed by atoms with van der Waals surface area (Å²) in [7, 11) is 2.10. The first-order valence-electron chi connectivity index (χ1n) is 7.32. The van der Waals surface area contributed by atoms with Crippen LogP contribution in [0.3, 0.4) is 0 Å². The molecule has 0 radical (unpaired) electrons. The monoisotopic (exact) mass is 276 g/mol. The molecule has 2 rings (SSSR count). The topological polar surface area (TPSA) is 43.8 Å². The molecule has 4 nitrogen and oxygen atoms in total. The average molecular weight is 276 g/mol. The Bertz CT molecular complexity index is 487. The summed E-state index contributed by atoms with van der Waals surface area (Å²) in [6.07, 6.45) is 1.91. The molecule has 0 aliphatic carbocycles. The van der Waals surface area contributed by atoms with Crippen molar-refractivity contribution in [3.8, 4) is 5.75 Å². The molecular formula is C16H24N2O2. The van der Waals surface area contributed by atoms with Gasteiger partial charge in [-0.25, -0.2) is 0 Å². The first-order valence-corrected chi connectivity index (χ1v) is 7.32. The molecule has 110 valence electrons. The third kappa shape index (κ3) is 3.12. The number of carbonyl (C=O) groups excluding carboxylic acids is 1. The number of aromatic hydroxyl groups is 1. The summed E-state index contributed by atoms with van der Waals surface area (Å²) in [5.74, 6) is 0.0291. The highest BCUT2D eigenvalue weighted by Crippen LogP contribution is 2.23. The Morgan fingerprint density at radius 3 is 2.85 bits per heavy atom. The van der Waals surface area contributed by atoms with E-state index < -0.39 is 0 Å². The van der Waals surface area contributed by atoms with Gasteiger partial charge in [0.2, 0.25) is 0 Å². The summed E-state index contributed by atoms with van der Waals surface area (Å²) in [4.78, 5) is 17.0. The highest BCUT2D eigenvalue weighted by atomic mass is 16.3. The zero-order valence-corrected chi connectivity index (χ0v) is 12.6. The van der Waals surface area contributed by atoms with E-state index in [2.05, 4.69) is 18.9 Å². The fourth-order valence-electron chi connectivity index (χ4n) is 2.84. The lowest BCUT2D eigenvalue weighted by atomic mass is 10.1. The number of benzene rings is 1. The van der Waals surface area contributed by atoms with E-state index in [0.717, 1.165) is 38.0 Å². The molecule has 1 unspecified atom stereocenters. The van der Waals surface area contributed by atoms with E-state index in [-0.39, 0.29) is 17.7 Å². The second-order valence-corrected chi connectivity index (χ2v) is 5.70. The maximum atomic E-state index is 12.7. The summed E-state index contributed by atoms with van der Waals surface area (Å²) in [6.45, 7) is 6.72. The summed E-state index contributed by atoms with van der Waals surface area (Å²) in [5, 5.41) is 9.96. The number of hydrogen-bond donors (Lipinski definition) is 1. The quantitative estimate of drug-likeness (QED) is 0.901. The molecule has 1 heterocycles. The third-order valence-corrected chi connectivity index (χ3v) is 4.02. The van der Waals surface area contributed by atoms with E-state index in [1.165, 1.54) is 0 Å². The summed E-state index contributed by atoms with van der Waals surface area (Å²) < 4.78 is 0. The van der Waals surface area contributed by atoms with Gasteiger partial charge in [0.15, 0.2) is 0 Å². The molecule has 20 heavy (non-hydrogen) atoms. The Morgan fingerprint density at radius 2 is 2.15 bits per heavy atom. The number of amides is 1. The molecule has 1 saturated heterocycles. The van der Waals surface area contributed by atoms with Gasteiger partial charge >= 0.3 is 0 Å². The van der Waals surface area contributed by atoms with Crippen LogP contribution in [0, 0.1) is 6.92 Å². The zero-order valence-electron chi connectivity index (χ0n) is 12.6. The Kier molecular flexibility index (Phi) is 4.65. The van der Waals surface area contributed by atoms with Gasteiger partial charge in [-0.3, -0.25) is 4.79 Å². The molecule has 4 heteroatoms. The molecule has 1 fully saturated rings. The average Bonchev–Trinajstić information content (AvgIpc) is 2.62. The first-order chi connectivity index (χ1) is 9.52. The highest BCUT2D eigenvalue weighted by Gasteiger charge is 2.28. The highest BCUT2D eigenvalue weighted by molar-refractivity contribution is 5.97. The Labute approximate surface area is 121 Å². The van der Waals surface area contributed by atoms with E-state index in [9.17, 15) is 9.90 Å². The Morgan fingerprint density at radius 1 is 1.40 bits per heavy atom. The van der Waals surface area contributed by atoms with Gasteiger partial charge in [-0.05, 0) is 45.5 Å². The zero-order chi connectivity index (χ0) is 14.7. The number of carbonyl (C=O) groups is 1. The second kappa shape index (κ2) is 6.27. The number of phenolic OH excluding ortho intramolecular Hbond substituents is 1. The number of hydrogen-bond acceptors (Lipinski definition) is 3. The maximum absolute atomic E-state index is 12.7. The largest absolute Gasteiger partial charge is 0.507 e. The lowest BCUT2D eigenvalue weighted by Crippen LogP contribution is -2.43. The molecular weight excluding hydrogens is 252 g/mol. The smallest absolute Gasteiger partial charge is 0.257 e. The maximum Gasteiger partial charge on any atom is 0.257 e. The minimum absolute atomic E-state index is 0.0478. The van der Waals surface area contributed by atoms with Crippen LogP contribution in [0.4, 0.5) is 0 Å². The summed E-state index contributed by atoms with van der Waals surface area (Å²) in [5.41, 5.74) is 1.42. The van der Waals surface area contributed by atoms with Crippen LogP contribution >= 0.6 is 0 Å². The van der Waals surface area contributed by atoms with Crippen LogP contribution < -0.4 is 0 Å². The van der Waals surface area contributed by atoms with Crippen LogP contribution in [0.15, 0.2) is 18.2 Å². The van der Waals surface area contributed by atoms with Gasteiger partial charge in [0.05, 0.1) is 5.56 Å². The minimum Gasteiger partial charge on any atom is -0.507 e. The Hall–Kier alpha value is -1.55. The molecule has 1 N–H and O–H groups in total. The molecule has 0 bridgehead atoms. The van der Waals surface area contributed by atoms with Gasteiger partial charge in [-0.2, -0.15) is 0 Å². The van der Waals surface area contributed by atoms with Gasteiger partial charge in [0, 0.05) is 19.1 Å². The van der Waals surface area contributed by atoms with Crippen LogP contribution in [0.1, 0.15) is 35.7 Å². The van der Waals surface area contributed by atoms with Crippen LogP contribution in [0.5, 0.6) is 5.75 Å². The number of nitrogens with zero attached hydrogens (tertiary/aromatic N) is 2. The van der Waals surface area contributed by atoms with E-state index in [1.54, 1.807) is 12.1 Å². The predicted octanol–water partition coefficient (Wildman–Crippen LogP) is 2.26. The lowest BCUT2D eigenvalue weighted by Gasteiger charge is -2.30. The number of phenols is 1.